The van der Waals surface area contributed by atoms with Gasteiger partial charge in [-0.05, 0) is 38.0 Å². The van der Waals surface area contributed by atoms with Gasteiger partial charge in [0.1, 0.15) is 5.25 Å². The molecule has 1 aromatic carbocycles. The number of sulfone groups is 1. The molecule has 0 saturated carbocycles. The van der Waals surface area contributed by atoms with Gasteiger partial charge in [0.15, 0.2) is 9.84 Å². The van der Waals surface area contributed by atoms with Crippen molar-refractivity contribution in [1.82, 2.24) is 4.90 Å². The molecule has 0 aromatic heterocycles. The highest BCUT2D eigenvalue weighted by Gasteiger charge is 2.33. The monoisotopic (exact) mass is 345 g/mol. The maximum Gasteiger partial charge on any atom is 0.241 e. The van der Waals surface area contributed by atoms with E-state index in [0.29, 0.717) is 17.6 Å². The molecule has 0 aliphatic carbocycles. The zero-order valence-corrected chi connectivity index (χ0v) is 13.1. The molecule has 1 aliphatic heterocycles. The van der Waals surface area contributed by atoms with Gasteiger partial charge in [-0.1, -0.05) is 22.0 Å². The molecule has 1 atom stereocenters. The van der Waals surface area contributed by atoms with E-state index in [-0.39, 0.29) is 10.8 Å². The molecule has 2 rings (SSSR count). The molecule has 1 aliphatic rings. The molecule has 19 heavy (non-hydrogen) atoms. The average Bonchev–Trinajstić information content (AvgIpc) is 2.90. The standard InChI is InChI=1S/C13H16BrNO3S/c1-10(13(16)15-7-2-3-8-15)19(17,18)12-6-4-5-11(14)9-12/h4-6,9-10H,2-3,7-8H2,1H3/t10-/m0/s1. The summed E-state index contributed by atoms with van der Waals surface area (Å²) >= 11 is 3.25. The van der Waals surface area contributed by atoms with E-state index in [4.69, 9.17) is 0 Å². The van der Waals surface area contributed by atoms with Gasteiger partial charge in [0, 0.05) is 17.6 Å². The van der Waals surface area contributed by atoms with Crippen LogP contribution in [-0.2, 0) is 14.6 Å². The van der Waals surface area contributed by atoms with Gasteiger partial charge in [-0.3, -0.25) is 4.79 Å². The van der Waals surface area contributed by atoms with E-state index >= 15 is 0 Å². The Labute approximate surface area is 121 Å². The first kappa shape index (κ1) is 14.5. The number of hydrogen-bond donors (Lipinski definition) is 0. The summed E-state index contributed by atoms with van der Waals surface area (Å²) in [6.07, 6.45) is 1.91. The molecule has 1 fully saturated rings. The summed E-state index contributed by atoms with van der Waals surface area (Å²) in [4.78, 5) is 14.0. The van der Waals surface area contributed by atoms with Gasteiger partial charge >= 0.3 is 0 Å². The number of nitrogens with zero attached hydrogens (tertiary/aromatic N) is 1. The Morgan fingerprint density at radius 1 is 1.32 bits per heavy atom. The maximum atomic E-state index is 12.4. The number of halogens is 1. The number of carbonyl (C=O) groups excluding carboxylic acids is 1. The normalized spacial score (nSPS) is 17.5. The lowest BCUT2D eigenvalue weighted by atomic mass is 10.4. The van der Waals surface area contributed by atoms with Gasteiger partial charge in [0.25, 0.3) is 0 Å². The fraction of sp³-hybridized carbons (Fsp3) is 0.462. The Morgan fingerprint density at radius 2 is 1.95 bits per heavy atom. The topological polar surface area (TPSA) is 54.5 Å². The molecule has 0 spiro atoms. The summed E-state index contributed by atoms with van der Waals surface area (Å²) in [5.41, 5.74) is 0. The number of likely N-dealkylation sites (tertiary alicyclic amines) is 1. The SMILES string of the molecule is C[C@@H](C(=O)N1CCCC1)S(=O)(=O)c1cccc(Br)c1. The Kier molecular flexibility index (Phi) is 4.30. The minimum Gasteiger partial charge on any atom is -0.342 e. The van der Waals surface area contributed by atoms with Crippen molar-refractivity contribution < 1.29 is 13.2 Å². The molecule has 1 aromatic rings. The van der Waals surface area contributed by atoms with Crippen LogP contribution in [0.15, 0.2) is 33.6 Å². The largest absolute Gasteiger partial charge is 0.342 e. The van der Waals surface area contributed by atoms with E-state index in [9.17, 15) is 13.2 Å². The molecule has 104 valence electrons. The third-order valence-corrected chi connectivity index (χ3v) is 5.89. The fourth-order valence-electron chi connectivity index (χ4n) is 2.18. The predicted octanol–water partition coefficient (Wildman–Crippen LogP) is 2.23. The molecule has 1 amide bonds. The second-order valence-electron chi connectivity index (χ2n) is 4.68. The number of benzene rings is 1. The van der Waals surface area contributed by atoms with Gasteiger partial charge in [-0.15, -0.1) is 0 Å². The quantitative estimate of drug-likeness (QED) is 0.843. The van der Waals surface area contributed by atoms with Crippen LogP contribution in [0, 0.1) is 0 Å². The van der Waals surface area contributed by atoms with E-state index in [1.54, 1.807) is 17.0 Å². The number of carbonyl (C=O) groups is 1. The Hall–Kier alpha value is -0.880. The van der Waals surface area contributed by atoms with E-state index < -0.39 is 15.1 Å². The van der Waals surface area contributed by atoms with Gasteiger partial charge < -0.3 is 4.90 Å². The third kappa shape index (κ3) is 3.00. The lowest BCUT2D eigenvalue weighted by Gasteiger charge is -2.20. The van der Waals surface area contributed by atoms with Gasteiger partial charge in [0.05, 0.1) is 4.90 Å². The predicted molar refractivity (Wildman–Crippen MR) is 76.6 cm³/mol. The highest BCUT2D eigenvalue weighted by Crippen LogP contribution is 2.22. The van der Waals surface area contributed by atoms with Crippen molar-refractivity contribution in [2.24, 2.45) is 0 Å². The van der Waals surface area contributed by atoms with Crippen LogP contribution >= 0.6 is 15.9 Å². The highest BCUT2D eigenvalue weighted by atomic mass is 79.9. The summed E-state index contributed by atoms with van der Waals surface area (Å²) in [5.74, 6) is -0.294. The molecule has 6 heteroatoms. The summed E-state index contributed by atoms with van der Waals surface area (Å²) in [5, 5.41) is -1.03. The molecule has 0 unspecified atom stereocenters. The lowest BCUT2D eigenvalue weighted by molar-refractivity contribution is -0.129. The van der Waals surface area contributed by atoms with Crippen molar-refractivity contribution in [2.45, 2.75) is 29.9 Å². The molecular weight excluding hydrogens is 330 g/mol. The van der Waals surface area contributed by atoms with Crippen molar-refractivity contribution >= 4 is 31.7 Å². The average molecular weight is 346 g/mol. The molecule has 0 radical (unpaired) electrons. The number of hydrogen-bond acceptors (Lipinski definition) is 3. The fourth-order valence-corrected chi connectivity index (χ4v) is 4.11. The van der Waals surface area contributed by atoms with Crippen LogP contribution in [-0.4, -0.2) is 37.6 Å². The summed E-state index contributed by atoms with van der Waals surface area (Å²) in [6.45, 7) is 2.80. The summed E-state index contributed by atoms with van der Waals surface area (Å²) in [7, 11) is -3.62. The van der Waals surface area contributed by atoms with Crippen LogP contribution in [0.4, 0.5) is 0 Å². The van der Waals surface area contributed by atoms with Crippen LogP contribution in [0.25, 0.3) is 0 Å². The maximum absolute atomic E-state index is 12.4. The molecule has 4 nitrogen and oxygen atoms in total. The van der Waals surface area contributed by atoms with Gasteiger partial charge in [0.2, 0.25) is 5.91 Å². The molecule has 1 saturated heterocycles. The second kappa shape index (κ2) is 5.63. The number of rotatable bonds is 3. The van der Waals surface area contributed by atoms with Crippen molar-refractivity contribution in [3.8, 4) is 0 Å². The molecular formula is C13H16BrNO3S. The summed E-state index contributed by atoms with van der Waals surface area (Å²) < 4.78 is 25.5. The zero-order valence-electron chi connectivity index (χ0n) is 10.7. The van der Waals surface area contributed by atoms with E-state index in [1.807, 2.05) is 0 Å². The summed E-state index contributed by atoms with van der Waals surface area (Å²) in [6, 6.07) is 6.47. The first-order valence-corrected chi connectivity index (χ1v) is 8.55. The minimum absolute atomic E-state index is 0.182. The first-order chi connectivity index (χ1) is 8.93. The van der Waals surface area contributed by atoms with Crippen molar-refractivity contribution in [3.05, 3.63) is 28.7 Å². The van der Waals surface area contributed by atoms with Crippen molar-refractivity contribution in [2.75, 3.05) is 13.1 Å². The van der Waals surface area contributed by atoms with Gasteiger partial charge in [-0.25, -0.2) is 8.42 Å². The molecule has 0 N–H and O–H groups in total. The Bertz CT molecular complexity index is 579. The third-order valence-electron chi connectivity index (χ3n) is 3.36. The van der Waals surface area contributed by atoms with Crippen LogP contribution in [0.1, 0.15) is 19.8 Å². The number of amides is 1. The minimum atomic E-state index is -3.62. The van der Waals surface area contributed by atoms with Crippen molar-refractivity contribution in [1.29, 1.82) is 0 Å². The highest BCUT2D eigenvalue weighted by molar-refractivity contribution is 9.10. The van der Waals surface area contributed by atoms with Crippen LogP contribution in [0.5, 0.6) is 0 Å². The zero-order chi connectivity index (χ0) is 14.0. The Balaban J connectivity index is 2.26. The van der Waals surface area contributed by atoms with Gasteiger partial charge in [-0.2, -0.15) is 0 Å². The lowest BCUT2D eigenvalue weighted by Crippen LogP contribution is -2.39. The second-order valence-corrected chi connectivity index (χ2v) is 7.86. The van der Waals surface area contributed by atoms with Crippen LogP contribution < -0.4 is 0 Å². The van der Waals surface area contributed by atoms with Crippen LogP contribution in [0.2, 0.25) is 0 Å². The molecule has 1 heterocycles. The van der Waals surface area contributed by atoms with E-state index in [0.717, 1.165) is 12.8 Å². The van der Waals surface area contributed by atoms with Crippen LogP contribution in [0.3, 0.4) is 0 Å². The van der Waals surface area contributed by atoms with E-state index in [1.165, 1.54) is 19.1 Å². The van der Waals surface area contributed by atoms with E-state index in [2.05, 4.69) is 15.9 Å². The van der Waals surface area contributed by atoms with Crippen molar-refractivity contribution in [3.63, 3.8) is 0 Å². The Morgan fingerprint density at radius 3 is 2.53 bits per heavy atom. The smallest absolute Gasteiger partial charge is 0.241 e. The molecule has 0 bridgehead atoms. The first-order valence-electron chi connectivity index (χ1n) is 6.21.